The third kappa shape index (κ3) is 4.39. The minimum atomic E-state index is -0.437. The summed E-state index contributed by atoms with van der Waals surface area (Å²) < 4.78 is 6.12. The lowest BCUT2D eigenvalue weighted by Crippen LogP contribution is -2.44. The number of hydrogen-bond donors (Lipinski definition) is 1. The Morgan fingerprint density at radius 1 is 1.45 bits per heavy atom. The van der Waals surface area contributed by atoms with E-state index in [1.807, 2.05) is 24.3 Å². The van der Waals surface area contributed by atoms with Crippen molar-refractivity contribution in [1.29, 1.82) is 0 Å². The van der Waals surface area contributed by atoms with E-state index in [-0.39, 0.29) is 12.5 Å². The molecule has 1 N–H and O–H groups in total. The van der Waals surface area contributed by atoms with E-state index in [1.54, 1.807) is 13.0 Å². The highest BCUT2D eigenvalue weighted by molar-refractivity contribution is 9.10. The van der Waals surface area contributed by atoms with Gasteiger partial charge in [-0.3, -0.25) is 9.59 Å². The van der Waals surface area contributed by atoms with Crippen molar-refractivity contribution in [1.82, 2.24) is 10.4 Å². The van der Waals surface area contributed by atoms with Crippen LogP contribution >= 0.6 is 39.9 Å². The summed E-state index contributed by atoms with van der Waals surface area (Å²) in [6, 6.07) is 7.57. The van der Waals surface area contributed by atoms with Crippen molar-refractivity contribution in [2.45, 2.75) is 6.92 Å². The number of hydrazine groups is 1. The highest BCUT2D eigenvalue weighted by Gasteiger charge is 2.32. The molecule has 8 heteroatoms. The highest BCUT2D eigenvalue weighted by atomic mass is 79.9. The van der Waals surface area contributed by atoms with E-state index in [2.05, 4.69) is 21.4 Å². The van der Waals surface area contributed by atoms with E-state index in [0.29, 0.717) is 15.8 Å². The second-order valence-electron chi connectivity index (χ2n) is 4.21. The van der Waals surface area contributed by atoms with Gasteiger partial charge in [0.15, 0.2) is 4.32 Å². The Bertz CT molecular complexity index is 631. The molecule has 0 aliphatic carbocycles. The predicted octanol–water partition coefficient (Wildman–Crippen LogP) is 2.72. The van der Waals surface area contributed by atoms with Crippen LogP contribution in [0.3, 0.4) is 0 Å². The summed E-state index contributed by atoms with van der Waals surface area (Å²) in [5.74, 6) is -0.712. The molecule has 1 aliphatic heterocycles. The summed E-state index contributed by atoms with van der Waals surface area (Å²) in [5.41, 5.74) is 3.59. The molecule has 0 saturated carbocycles. The lowest BCUT2D eigenvalue weighted by molar-refractivity contribution is -0.143. The SMILES string of the molecule is CCOC(=O)CNN1C(=O)/C(=C\c2ccc(Br)cc2)SC1=S. The van der Waals surface area contributed by atoms with Crippen LogP contribution in [-0.2, 0) is 14.3 Å². The number of nitrogens with one attached hydrogen (secondary N) is 1. The second-order valence-corrected chi connectivity index (χ2v) is 6.80. The highest BCUT2D eigenvalue weighted by Crippen LogP contribution is 2.31. The first-order valence-corrected chi connectivity index (χ1v) is 8.45. The monoisotopic (exact) mass is 400 g/mol. The van der Waals surface area contributed by atoms with Crippen LogP contribution in [0.1, 0.15) is 12.5 Å². The minimum absolute atomic E-state index is 0.105. The predicted molar refractivity (Wildman–Crippen MR) is 93.8 cm³/mol. The van der Waals surface area contributed by atoms with Gasteiger partial charge in [0.25, 0.3) is 5.91 Å². The number of nitrogens with zero attached hydrogens (tertiary/aromatic N) is 1. The van der Waals surface area contributed by atoms with Crippen LogP contribution in [0.15, 0.2) is 33.6 Å². The Kier molecular flexibility index (Phi) is 6.13. The fourth-order valence-electron chi connectivity index (χ4n) is 1.67. The van der Waals surface area contributed by atoms with E-state index in [0.717, 1.165) is 10.0 Å². The third-order valence-electron chi connectivity index (χ3n) is 2.65. The Balaban J connectivity index is 2.05. The molecule has 22 heavy (non-hydrogen) atoms. The van der Waals surface area contributed by atoms with Crippen LogP contribution in [0.5, 0.6) is 0 Å². The van der Waals surface area contributed by atoms with Gasteiger partial charge in [-0.05, 0) is 30.7 Å². The number of amides is 1. The summed E-state index contributed by atoms with van der Waals surface area (Å²) in [7, 11) is 0. The first-order valence-electron chi connectivity index (χ1n) is 6.44. The second kappa shape index (κ2) is 7.87. The maximum Gasteiger partial charge on any atom is 0.321 e. The number of benzene rings is 1. The average Bonchev–Trinajstić information content (AvgIpc) is 2.74. The molecule has 1 fully saturated rings. The van der Waals surface area contributed by atoms with Gasteiger partial charge < -0.3 is 4.74 Å². The number of thioether (sulfide) groups is 1. The van der Waals surface area contributed by atoms with Crippen LogP contribution in [0.25, 0.3) is 6.08 Å². The number of carbonyl (C=O) groups excluding carboxylic acids is 2. The normalized spacial score (nSPS) is 16.5. The molecule has 0 spiro atoms. The van der Waals surface area contributed by atoms with Crippen molar-refractivity contribution in [3.05, 3.63) is 39.2 Å². The van der Waals surface area contributed by atoms with Gasteiger partial charge in [0, 0.05) is 4.47 Å². The van der Waals surface area contributed by atoms with Crippen molar-refractivity contribution in [2.75, 3.05) is 13.2 Å². The maximum absolute atomic E-state index is 12.3. The molecule has 5 nitrogen and oxygen atoms in total. The van der Waals surface area contributed by atoms with Gasteiger partial charge >= 0.3 is 5.97 Å². The van der Waals surface area contributed by atoms with Gasteiger partial charge in [0.2, 0.25) is 0 Å². The Hall–Kier alpha value is -1.22. The van der Waals surface area contributed by atoms with E-state index in [1.165, 1.54) is 16.8 Å². The van der Waals surface area contributed by atoms with Gasteiger partial charge in [0.05, 0.1) is 11.5 Å². The van der Waals surface area contributed by atoms with E-state index in [4.69, 9.17) is 17.0 Å². The van der Waals surface area contributed by atoms with Crippen molar-refractivity contribution in [3.63, 3.8) is 0 Å². The van der Waals surface area contributed by atoms with E-state index < -0.39 is 5.97 Å². The molecular formula is C14H13BrN2O3S2. The van der Waals surface area contributed by atoms with E-state index in [9.17, 15) is 9.59 Å². The molecule has 116 valence electrons. The summed E-state index contributed by atoms with van der Waals surface area (Å²) in [6.45, 7) is 1.91. The number of carbonyl (C=O) groups is 2. The molecule has 1 saturated heterocycles. The van der Waals surface area contributed by atoms with Crippen molar-refractivity contribution < 1.29 is 14.3 Å². The summed E-state index contributed by atoms with van der Waals surface area (Å²) in [5, 5.41) is 1.20. The molecule has 0 aromatic heterocycles. The molecule has 1 aromatic rings. The fraction of sp³-hybridized carbons (Fsp3) is 0.214. The number of ether oxygens (including phenoxy) is 1. The smallest absolute Gasteiger partial charge is 0.321 e. The number of thiocarbonyl (C=S) groups is 1. The summed E-state index contributed by atoms with van der Waals surface area (Å²) >= 11 is 9.70. The standard InChI is InChI=1S/C14H13BrN2O3S2/c1-2-20-12(18)8-16-17-13(19)11(22-14(17)21)7-9-3-5-10(15)6-4-9/h3-7,16H,2,8H2,1H3/b11-7+. The number of rotatable bonds is 5. The number of esters is 1. The van der Waals surface area contributed by atoms with Crippen LogP contribution in [0.2, 0.25) is 0 Å². The molecule has 0 atom stereocenters. The summed E-state index contributed by atoms with van der Waals surface area (Å²) in [6.07, 6.45) is 1.76. The molecule has 0 bridgehead atoms. The van der Waals surface area contributed by atoms with Crippen molar-refractivity contribution in [3.8, 4) is 0 Å². The Labute approximate surface area is 146 Å². The lowest BCUT2D eigenvalue weighted by Gasteiger charge is -2.14. The van der Waals surface area contributed by atoms with Crippen LogP contribution < -0.4 is 5.43 Å². The molecule has 2 rings (SSSR count). The molecule has 0 unspecified atom stereocenters. The van der Waals surface area contributed by atoms with Crippen LogP contribution in [0.4, 0.5) is 0 Å². The molecule has 1 heterocycles. The topological polar surface area (TPSA) is 58.6 Å². The average molecular weight is 401 g/mol. The molecular weight excluding hydrogens is 388 g/mol. The van der Waals surface area contributed by atoms with Gasteiger partial charge in [-0.15, -0.1) is 0 Å². The van der Waals surface area contributed by atoms with Crippen LogP contribution in [0, 0.1) is 0 Å². The third-order valence-corrected chi connectivity index (χ3v) is 4.48. The van der Waals surface area contributed by atoms with Crippen molar-refractivity contribution in [2.24, 2.45) is 0 Å². The van der Waals surface area contributed by atoms with Gasteiger partial charge in [-0.1, -0.05) is 52.0 Å². The van der Waals surface area contributed by atoms with E-state index >= 15 is 0 Å². The molecule has 0 radical (unpaired) electrons. The molecule has 1 amide bonds. The lowest BCUT2D eigenvalue weighted by atomic mass is 10.2. The van der Waals surface area contributed by atoms with Gasteiger partial charge in [0.1, 0.15) is 6.54 Å². The van der Waals surface area contributed by atoms with Gasteiger partial charge in [-0.25, -0.2) is 10.4 Å². The van der Waals surface area contributed by atoms with Crippen molar-refractivity contribution >= 4 is 62.2 Å². The zero-order chi connectivity index (χ0) is 16.1. The largest absolute Gasteiger partial charge is 0.465 e. The minimum Gasteiger partial charge on any atom is -0.465 e. The number of hydrogen-bond acceptors (Lipinski definition) is 6. The molecule has 1 aromatic carbocycles. The van der Waals surface area contributed by atoms with Gasteiger partial charge in [-0.2, -0.15) is 0 Å². The molecule has 1 aliphatic rings. The first kappa shape index (κ1) is 17.1. The quantitative estimate of drug-likeness (QED) is 0.465. The Morgan fingerprint density at radius 2 is 2.14 bits per heavy atom. The summed E-state index contributed by atoms with van der Waals surface area (Å²) in [4.78, 5) is 24.1. The number of halogens is 1. The Morgan fingerprint density at radius 3 is 2.77 bits per heavy atom. The zero-order valence-electron chi connectivity index (χ0n) is 11.7. The zero-order valence-corrected chi connectivity index (χ0v) is 14.9. The van der Waals surface area contributed by atoms with Crippen LogP contribution in [-0.4, -0.2) is 34.4 Å². The fourth-order valence-corrected chi connectivity index (χ4v) is 3.15. The maximum atomic E-state index is 12.3. The first-order chi connectivity index (χ1) is 10.5.